The third kappa shape index (κ3) is 6.97. The molecule has 2 aromatic carbocycles. The van der Waals surface area contributed by atoms with Crippen LogP contribution in [0.25, 0.3) is 0 Å². The van der Waals surface area contributed by atoms with Crippen molar-refractivity contribution in [1.29, 1.82) is 0 Å². The number of rotatable bonds is 7. The number of amides is 1. The summed E-state index contributed by atoms with van der Waals surface area (Å²) in [6, 6.07) is 13.0. The molecule has 0 aliphatic carbocycles. The normalized spacial score (nSPS) is 14.0. The summed E-state index contributed by atoms with van der Waals surface area (Å²) in [5, 5.41) is 34.8. The van der Waals surface area contributed by atoms with Gasteiger partial charge in [-0.15, -0.1) is 0 Å². The third-order valence-electron chi connectivity index (χ3n) is 5.42. The molecule has 32 heavy (non-hydrogen) atoms. The number of benzene rings is 2. The molecule has 2 unspecified atom stereocenters. The Bertz CT molecular complexity index is 897. The van der Waals surface area contributed by atoms with Gasteiger partial charge in [-0.1, -0.05) is 77.9 Å². The summed E-state index contributed by atoms with van der Waals surface area (Å²) in [5.74, 6) is -0.00715. The van der Waals surface area contributed by atoms with E-state index in [2.05, 4.69) is 26.1 Å². The Labute approximate surface area is 191 Å². The van der Waals surface area contributed by atoms with Gasteiger partial charge in [0, 0.05) is 12.1 Å². The first-order valence-electron chi connectivity index (χ1n) is 11.0. The number of aliphatic hydroxyl groups is 2. The number of hydrogen-bond donors (Lipinski definition) is 4. The van der Waals surface area contributed by atoms with Crippen molar-refractivity contribution >= 4 is 6.09 Å². The summed E-state index contributed by atoms with van der Waals surface area (Å²) in [4.78, 5) is 11.9. The van der Waals surface area contributed by atoms with Gasteiger partial charge in [0.1, 0.15) is 18.5 Å². The van der Waals surface area contributed by atoms with Crippen LogP contribution >= 0.6 is 0 Å². The molecule has 176 valence electrons. The molecule has 2 rings (SSSR count). The molecule has 0 heterocycles. The van der Waals surface area contributed by atoms with Crippen molar-refractivity contribution in [2.45, 2.75) is 77.6 Å². The standard InChI is InChI=1S/C26H37NO5/c1-25(2,3)18-14-19(22(29)20(15-18)26(4,5)6)23(30)21(28)12-13-27-24(31)32-16-17-10-8-7-9-11-17/h7-11,14-15,21,23,28-30H,12-13,16H2,1-6H3,(H,27,31). The Morgan fingerprint density at radius 1 is 1.00 bits per heavy atom. The van der Waals surface area contributed by atoms with Gasteiger partial charge in [-0.05, 0) is 40.0 Å². The first-order valence-corrected chi connectivity index (χ1v) is 11.0. The molecule has 6 nitrogen and oxygen atoms in total. The van der Waals surface area contributed by atoms with E-state index >= 15 is 0 Å². The average molecular weight is 444 g/mol. The second-order valence-corrected chi connectivity index (χ2v) is 10.3. The smallest absolute Gasteiger partial charge is 0.407 e. The highest BCUT2D eigenvalue weighted by atomic mass is 16.5. The van der Waals surface area contributed by atoms with Gasteiger partial charge in [0.05, 0.1) is 6.10 Å². The van der Waals surface area contributed by atoms with E-state index in [0.29, 0.717) is 11.1 Å². The molecule has 1 amide bonds. The molecule has 4 N–H and O–H groups in total. The van der Waals surface area contributed by atoms with Gasteiger partial charge in [-0.2, -0.15) is 0 Å². The summed E-state index contributed by atoms with van der Waals surface area (Å²) in [6.07, 6.45) is -2.95. The van der Waals surface area contributed by atoms with Crippen LogP contribution in [0.1, 0.15) is 76.3 Å². The van der Waals surface area contributed by atoms with Gasteiger partial charge in [-0.3, -0.25) is 0 Å². The number of ether oxygens (including phenoxy) is 1. The minimum atomic E-state index is -1.29. The summed E-state index contributed by atoms with van der Waals surface area (Å²) >= 11 is 0. The molecule has 0 spiro atoms. The fourth-order valence-corrected chi connectivity index (χ4v) is 3.35. The van der Waals surface area contributed by atoms with Crippen molar-refractivity contribution in [3.05, 3.63) is 64.7 Å². The number of aliphatic hydroxyl groups excluding tert-OH is 2. The maximum Gasteiger partial charge on any atom is 0.407 e. The molecule has 2 aromatic rings. The maximum absolute atomic E-state index is 11.9. The minimum Gasteiger partial charge on any atom is -0.507 e. The topological polar surface area (TPSA) is 99.0 Å². The van der Waals surface area contributed by atoms with Gasteiger partial charge >= 0.3 is 6.09 Å². The molecule has 0 radical (unpaired) electrons. The van der Waals surface area contributed by atoms with Crippen molar-refractivity contribution in [1.82, 2.24) is 5.32 Å². The molecule has 0 aliphatic heterocycles. The molecule has 0 saturated heterocycles. The number of alkyl carbamates (subject to hydrolysis) is 1. The summed E-state index contributed by atoms with van der Waals surface area (Å²) in [7, 11) is 0. The van der Waals surface area contributed by atoms with Crippen LogP contribution in [0.15, 0.2) is 42.5 Å². The molecule has 0 saturated carbocycles. The lowest BCUT2D eigenvalue weighted by Crippen LogP contribution is -2.30. The second-order valence-electron chi connectivity index (χ2n) is 10.3. The van der Waals surface area contributed by atoms with E-state index in [9.17, 15) is 20.1 Å². The molecule has 0 aliphatic rings. The highest BCUT2D eigenvalue weighted by Crippen LogP contribution is 2.40. The van der Waals surface area contributed by atoms with E-state index < -0.39 is 18.3 Å². The van der Waals surface area contributed by atoms with Gasteiger partial charge in [0.15, 0.2) is 0 Å². The van der Waals surface area contributed by atoms with E-state index in [0.717, 1.165) is 11.1 Å². The summed E-state index contributed by atoms with van der Waals surface area (Å²) < 4.78 is 5.15. The number of aromatic hydroxyl groups is 1. The fourth-order valence-electron chi connectivity index (χ4n) is 3.35. The fraction of sp³-hybridized carbons (Fsp3) is 0.500. The van der Waals surface area contributed by atoms with Crippen LogP contribution < -0.4 is 5.32 Å². The molecular formula is C26H37NO5. The number of carbonyl (C=O) groups is 1. The van der Waals surface area contributed by atoms with Crippen LogP contribution in [0.5, 0.6) is 5.75 Å². The molecular weight excluding hydrogens is 406 g/mol. The van der Waals surface area contributed by atoms with Crippen LogP contribution in [0.4, 0.5) is 4.79 Å². The largest absolute Gasteiger partial charge is 0.507 e. The van der Waals surface area contributed by atoms with Crippen molar-refractivity contribution in [3.63, 3.8) is 0 Å². The molecule has 0 aromatic heterocycles. The highest BCUT2D eigenvalue weighted by Gasteiger charge is 2.29. The average Bonchev–Trinajstić information content (AvgIpc) is 2.70. The quantitative estimate of drug-likeness (QED) is 0.497. The lowest BCUT2D eigenvalue weighted by molar-refractivity contribution is 0.0121. The highest BCUT2D eigenvalue weighted by molar-refractivity contribution is 5.67. The minimum absolute atomic E-state index is 0.00715. The second kappa shape index (κ2) is 10.4. The van der Waals surface area contributed by atoms with E-state index in [1.165, 1.54) is 0 Å². The number of phenols is 1. The van der Waals surface area contributed by atoms with Crippen molar-refractivity contribution in [3.8, 4) is 5.75 Å². The molecule has 6 heteroatoms. The monoisotopic (exact) mass is 443 g/mol. The van der Waals surface area contributed by atoms with Crippen LogP contribution in [0.2, 0.25) is 0 Å². The Hall–Kier alpha value is -2.57. The van der Waals surface area contributed by atoms with Crippen LogP contribution in [-0.4, -0.2) is 34.1 Å². The van der Waals surface area contributed by atoms with Crippen molar-refractivity contribution in [2.24, 2.45) is 0 Å². The zero-order valence-corrected chi connectivity index (χ0v) is 20.0. The SMILES string of the molecule is CC(C)(C)c1cc(C(O)C(O)CCNC(=O)OCc2ccccc2)c(O)c(C(C)(C)C)c1. The number of carbonyl (C=O) groups excluding carboxylic acids is 1. The summed E-state index contributed by atoms with van der Waals surface area (Å²) in [6.45, 7) is 12.4. The zero-order valence-electron chi connectivity index (χ0n) is 20.0. The van der Waals surface area contributed by atoms with E-state index in [4.69, 9.17) is 4.74 Å². The Kier molecular flexibility index (Phi) is 8.32. The van der Waals surface area contributed by atoms with E-state index in [1.807, 2.05) is 57.2 Å². The first-order chi connectivity index (χ1) is 14.8. The third-order valence-corrected chi connectivity index (χ3v) is 5.42. The van der Waals surface area contributed by atoms with Gasteiger partial charge in [-0.25, -0.2) is 4.79 Å². The summed E-state index contributed by atoms with van der Waals surface area (Å²) in [5.41, 5.74) is 2.31. The van der Waals surface area contributed by atoms with Gasteiger partial charge in [0.25, 0.3) is 0 Å². The molecule has 0 fully saturated rings. The Morgan fingerprint density at radius 2 is 1.62 bits per heavy atom. The van der Waals surface area contributed by atoms with Gasteiger partial charge in [0.2, 0.25) is 0 Å². The number of nitrogens with one attached hydrogen (secondary N) is 1. The maximum atomic E-state index is 11.9. The van der Waals surface area contributed by atoms with E-state index in [-0.39, 0.29) is 36.2 Å². The Balaban J connectivity index is 2.03. The van der Waals surface area contributed by atoms with Crippen LogP contribution in [0, 0.1) is 0 Å². The zero-order chi connectivity index (χ0) is 24.1. The lowest BCUT2D eigenvalue weighted by Gasteiger charge is -2.29. The number of phenolic OH excluding ortho intramolecular Hbond substituents is 1. The first kappa shape index (κ1) is 25.7. The Morgan fingerprint density at radius 3 is 2.19 bits per heavy atom. The van der Waals surface area contributed by atoms with Crippen molar-refractivity contribution < 1.29 is 24.9 Å². The van der Waals surface area contributed by atoms with Gasteiger partial charge < -0.3 is 25.4 Å². The predicted molar refractivity (Wildman–Crippen MR) is 126 cm³/mol. The molecule has 2 atom stereocenters. The van der Waals surface area contributed by atoms with Crippen molar-refractivity contribution in [2.75, 3.05) is 6.54 Å². The van der Waals surface area contributed by atoms with Crippen LogP contribution in [0.3, 0.4) is 0 Å². The van der Waals surface area contributed by atoms with E-state index in [1.54, 1.807) is 6.07 Å². The molecule has 0 bridgehead atoms. The predicted octanol–water partition coefficient (Wildman–Crippen LogP) is 4.70. The number of hydrogen-bond acceptors (Lipinski definition) is 5. The lowest BCUT2D eigenvalue weighted by atomic mass is 9.78. The van der Waals surface area contributed by atoms with Crippen LogP contribution in [-0.2, 0) is 22.2 Å².